The molecule has 0 saturated carbocycles. The molecule has 0 aliphatic carbocycles. The smallest absolute Gasteiger partial charge is 0.258 e. The van der Waals surface area contributed by atoms with Crippen molar-refractivity contribution in [3.63, 3.8) is 0 Å². The van der Waals surface area contributed by atoms with Crippen molar-refractivity contribution in [2.75, 3.05) is 0 Å². The highest BCUT2D eigenvalue weighted by Gasteiger charge is 2.21. The predicted molar refractivity (Wildman–Crippen MR) is 92.2 cm³/mol. The fourth-order valence-corrected chi connectivity index (χ4v) is 4.63. The van der Waals surface area contributed by atoms with Crippen molar-refractivity contribution < 1.29 is 4.92 Å². The predicted octanol–water partition coefficient (Wildman–Crippen LogP) is 5.51. The van der Waals surface area contributed by atoms with Crippen LogP contribution in [0.3, 0.4) is 0 Å². The van der Waals surface area contributed by atoms with E-state index in [0.29, 0.717) is 0 Å². The number of hydrogen-bond donors (Lipinski definition) is 0. The van der Waals surface area contributed by atoms with Crippen LogP contribution in [-0.4, -0.2) is 4.92 Å². The van der Waals surface area contributed by atoms with Crippen LogP contribution in [0.25, 0.3) is 0 Å². The molecule has 5 heteroatoms. The molecule has 3 nitrogen and oxygen atoms in total. The molecule has 0 spiro atoms. The number of nitro benzene ring substituents is 1. The molecule has 1 aromatic carbocycles. The summed E-state index contributed by atoms with van der Waals surface area (Å²) < 4.78 is 0. The Labute approximate surface area is 137 Å². The average molecular weight is 329 g/mol. The van der Waals surface area contributed by atoms with Crippen molar-refractivity contribution in [3.05, 3.63) is 83.7 Å². The van der Waals surface area contributed by atoms with Crippen molar-refractivity contribution in [3.8, 4) is 0 Å². The molecule has 3 aromatic rings. The number of rotatable bonds is 4. The second-order valence-electron chi connectivity index (χ2n) is 5.18. The first-order valence-electron chi connectivity index (χ1n) is 6.91. The number of thiophene rings is 2. The first-order chi connectivity index (χ1) is 10.5. The summed E-state index contributed by atoms with van der Waals surface area (Å²) in [6.45, 7) is 4.16. The van der Waals surface area contributed by atoms with Crippen LogP contribution in [0.5, 0.6) is 0 Å². The highest BCUT2D eigenvalue weighted by atomic mass is 32.1. The van der Waals surface area contributed by atoms with Gasteiger partial charge < -0.3 is 0 Å². The van der Waals surface area contributed by atoms with Crippen molar-refractivity contribution in [1.29, 1.82) is 0 Å². The number of non-ortho nitro benzene ring substituents is 1. The van der Waals surface area contributed by atoms with E-state index in [1.807, 2.05) is 6.07 Å². The van der Waals surface area contributed by atoms with E-state index in [4.69, 9.17) is 0 Å². The monoisotopic (exact) mass is 329 g/mol. The van der Waals surface area contributed by atoms with Crippen LogP contribution in [0, 0.1) is 24.0 Å². The molecule has 0 saturated heterocycles. The summed E-state index contributed by atoms with van der Waals surface area (Å²) >= 11 is 3.49. The molecule has 112 valence electrons. The molecule has 2 aromatic heterocycles. The third kappa shape index (κ3) is 2.96. The van der Waals surface area contributed by atoms with Crippen LogP contribution in [0.15, 0.2) is 48.5 Å². The summed E-state index contributed by atoms with van der Waals surface area (Å²) in [5.74, 6) is 0.0669. The molecule has 0 atom stereocenters. The van der Waals surface area contributed by atoms with Gasteiger partial charge >= 0.3 is 0 Å². The molecule has 0 bridgehead atoms. The van der Waals surface area contributed by atoms with Gasteiger partial charge in [0.2, 0.25) is 0 Å². The van der Waals surface area contributed by atoms with E-state index < -0.39 is 0 Å². The lowest BCUT2D eigenvalue weighted by molar-refractivity contribution is -0.384. The molecular weight excluding hydrogens is 314 g/mol. The lowest BCUT2D eigenvalue weighted by Gasteiger charge is -2.14. The summed E-state index contributed by atoms with van der Waals surface area (Å²) in [6, 6.07) is 15.4. The SMILES string of the molecule is Cc1ccc(C(c2cccc([N+](=O)[O-])c2)c2ccc(C)s2)s1. The zero-order chi connectivity index (χ0) is 15.7. The Hall–Kier alpha value is -1.98. The van der Waals surface area contributed by atoms with Crippen LogP contribution >= 0.6 is 22.7 Å². The van der Waals surface area contributed by atoms with Gasteiger partial charge in [-0.2, -0.15) is 0 Å². The topological polar surface area (TPSA) is 43.1 Å². The molecule has 2 heterocycles. The first kappa shape index (κ1) is 14.9. The van der Waals surface area contributed by atoms with Gasteiger partial charge in [0.25, 0.3) is 5.69 Å². The zero-order valence-electron chi connectivity index (χ0n) is 12.3. The number of benzene rings is 1. The van der Waals surface area contributed by atoms with E-state index in [1.54, 1.807) is 40.9 Å². The number of nitro groups is 1. The Morgan fingerprint density at radius 1 is 0.955 bits per heavy atom. The van der Waals surface area contributed by atoms with Gasteiger partial charge in [-0.25, -0.2) is 0 Å². The largest absolute Gasteiger partial charge is 0.269 e. The summed E-state index contributed by atoms with van der Waals surface area (Å²) in [4.78, 5) is 15.7. The first-order valence-corrected chi connectivity index (χ1v) is 8.55. The minimum atomic E-state index is -0.333. The highest BCUT2D eigenvalue weighted by molar-refractivity contribution is 7.13. The molecule has 22 heavy (non-hydrogen) atoms. The normalized spacial score (nSPS) is 11.0. The standard InChI is InChI=1S/C17H15NO2S2/c1-11-6-8-15(21-11)17(16-9-7-12(2)22-16)13-4-3-5-14(10-13)18(19)20/h3-10,17H,1-2H3. The van der Waals surface area contributed by atoms with Crippen molar-refractivity contribution in [1.82, 2.24) is 0 Å². The van der Waals surface area contributed by atoms with Gasteiger partial charge in [0.1, 0.15) is 0 Å². The summed E-state index contributed by atoms with van der Waals surface area (Å²) in [5.41, 5.74) is 1.11. The van der Waals surface area contributed by atoms with Gasteiger partial charge in [-0.1, -0.05) is 12.1 Å². The Balaban J connectivity index is 2.13. The van der Waals surface area contributed by atoms with Gasteiger partial charge in [0.15, 0.2) is 0 Å². The van der Waals surface area contributed by atoms with E-state index in [2.05, 4.69) is 38.1 Å². The third-order valence-electron chi connectivity index (χ3n) is 3.51. The van der Waals surface area contributed by atoms with Gasteiger partial charge in [0, 0.05) is 31.6 Å². The zero-order valence-corrected chi connectivity index (χ0v) is 13.9. The quantitative estimate of drug-likeness (QED) is 0.467. The van der Waals surface area contributed by atoms with Crippen molar-refractivity contribution in [2.24, 2.45) is 0 Å². The highest BCUT2D eigenvalue weighted by Crippen LogP contribution is 2.39. The molecule has 0 radical (unpaired) electrons. The molecule has 0 N–H and O–H groups in total. The molecule has 3 rings (SSSR count). The Morgan fingerprint density at radius 3 is 2.00 bits per heavy atom. The fourth-order valence-electron chi connectivity index (χ4n) is 2.50. The molecule has 0 aliphatic rings. The summed E-state index contributed by atoms with van der Waals surface area (Å²) in [7, 11) is 0. The maximum absolute atomic E-state index is 11.1. The maximum atomic E-state index is 11.1. The second kappa shape index (κ2) is 6.02. The summed E-state index contributed by atoms with van der Waals surface area (Å²) in [5, 5.41) is 11.1. The van der Waals surface area contributed by atoms with Gasteiger partial charge in [-0.15, -0.1) is 22.7 Å². The van der Waals surface area contributed by atoms with Crippen LogP contribution in [0.1, 0.15) is 31.0 Å². The van der Waals surface area contributed by atoms with Gasteiger partial charge in [-0.05, 0) is 43.7 Å². The molecule has 0 aliphatic heterocycles. The fraction of sp³-hybridized carbons (Fsp3) is 0.176. The van der Waals surface area contributed by atoms with Gasteiger partial charge in [0.05, 0.1) is 10.8 Å². The van der Waals surface area contributed by atoms with E-state index in [1.165, 1.54) is 19.5 Å². The number of aryl methyl sites for hydroxylation is 2. The van der Waals surface area contributed by atoms with Crippen molar-refractivity contribution in [2.45, 2.75) is 19.8 Å². The van der Waals surface area contributed by atoms with E-state index in [9.17, 15) is 10.1 Å². The van der Waals surface area contributed by atoms with Crippen LogP contribution in [0.4, 0.5) is 5.69 Å². The van der Waals surface area contributed by atoms with Crippen molar-refractivity contribution >= 4 is 28.4 Å². The Morgan fingerprint density at radius 2 is 1.55 bits per heavy atom. The van der Waals surface area contributed by atoms with Gasteiger partial charge in [-0.3, -0.25) is 10.1 Å². The second-order valence-corrected chi connectivity index (χ2v) is 7.82. The van der Waals surface area contributed by atoms with Crippen LogP contribution in [-0.2, 0) is 0 Å². The maximum Gasteiger partial charge on any atom is 0.269 e. The molecule has 0 unspecified atom stereocenters. The molecule has 0 amide bonds. The third-order valence-corrected chi connectivity index (χ3v) is 5.64. The minimum absolute atomic E-state index is 0.0669. The summed E-state index contributed by atoms with van der Waals surface area (Å²) in [6.07, 6.45) is 0. The Kier molecular flexibility index (Phi) is 4.09. The lowest BCUT2D eigenvalue weighted by Crippen LogP contribution is -2.00. The van der Waals surface area contributed by atoms with E-state index >= 15 is 0 Å². The minimum Gasteiger partial charge on any atom is -0.258 e. The van der Waals surface area contributed by atoms with Crippen LogP contribution < -0.4 is 0 Å². The average Bonchev–Trinajstić information content (AvgIpc) is 3.09. The lowest BCUT2D eigenvalue weighted by atomic mass is 9.95. The molecular formula is C17H15NO2S2. The van der Waals surface area contributed by atoms with Crippen LogP contribution in [0.2, 0.25) is 0 Å². The Bertz CT molecular complexity index is 779. The molecule has 0 fully saturated rings. The number of nitrogens with zero attached hydrogens (tertiary/aromatic N) is 1. The van der Waals surface area contributed by atoms with E-state index in [0.717, 1.165) is 5.56 Å². The number of hydrogen-bond acceptors (Lipinski definition) is 4. The van der Waals surface area contributed by atoms with E-state index in [-0.39, 0.29) is 16.5 Å².